The fourth-order valence-corrected chi connectivity index (χ4v) is 2.28. The number of nitrogens with two attached hydrogens (primary N) is 1. The van der Waals surface area contributed by atoms with Gasteiger partial charge in [-0.1, -0.05) is 28.1 Å². The SMILES string of the molecule is Cc1ccc(F)cc1Oc1cc(Br)ccc1CC(C)N. The highest BCUT2D eigenvalue weighted by Crippen LogP contribution is 2.31. The van der Waals surface area contributed by atoms with Crippen molar-refractivity contribution in [1.29, 1.82) is 0 Å². The van der Waals surface area contributed by atoms with Gasteiger partial charge in [-0.3, -0.25) is 0 Å². The second-order valence-corrected chi connectivity index (χ2v) is 5.86. The van der Waals surface area contributed by atoms with Crippen molar-refractivity contribution < 1.29 is 9.13 Å². The zero-order valence-electron chi connectivity index (χ0n) is 11.5. The van der Waals surface area contributed by atoms with Crippen molar-refractivity contribution in [1.82, 2.24) is 0 Å². The summed E-state index contributed by atoms with van der Waals surface area (Å²) in [6.45, 7) is 3.83. The third-order valence-electron chi connectivity index (χ3n) is 2.94. The van der Waals surface area contributed by atoms with E-state index in [4.69, 9.17) is 10.5 Å². The zero-order valence-corrected chi connectivity index (χ0v) is 13.1. The lowest BCUT2D eigenvalue weighted by Crippen LogP contribution is -2.18. The molecule has 0 bridgehead atoms. The lowest BCUT2D eigenvalue weighted by atomic mass is 10.1. The molecule has 0 heterocycles. The molecule has 1 atom stereocenters. The van der Waals surface area contributed by atoms with E-state index in [1.54, 1.807) is 6.07 Å². The first-order chi connectivity index (χ1) is 9.45. The van der Waals surface area contributed by atoms with Gasteiger partial charge in [-0.25, -0.2) is 4.39 Å². The average Bonchev–Trinajstić information content (AvgIpc) is 2.37. The topological polar surface area (TPSA) is 35.2 Å². The molecule has 0 aromatic heterocycles. The van der Waals surface area contributed by atoms with Gasteiger partial charge in [-0.2, -0.15) is 0 Å². The van der Waals surface area contributed by atoms with Crippen molar-refractivity contribution >= 4 is 15.9 Å². The monoisotopic (exact) mass is 337 g/mol. The van der Waals surface area contributed by atoms with Crippen LogP contribution in [0.3, 0.4) is 0 Å². The summed E-state index contributed by atoms with van der Waals surface area (Å²) < 4.78 is 20.1. The van der Waals surface area contributed by atoms with Crippen LogP contribution in [0.4, 0.5) is 4.39 Å². The minimum absolute atomic E-state index is 0.0344. The maximum Gasteiger partial charge on any atom is 0.133 e. The van der Waals surface area contributed by atoms with Crippen molar-refractivity contribution in [3.8, 4) is 11.5 Å². The van der Waals surface area contributed by atoms with Gasteiger partial charge in [0.25, 0.3) is 0 Å². The molecular weight excluding hydrogens is 321 g/mol. The predicted molar refractivity (Wildman–Crippen MR) is 82.7 cm³/mol. The van der Waals surface area contributed by atoms with Crippen molar-refractivity contribution in [3.05, 3.63) is 57.8 Å². The molecule has 0 spiro atoms. The Kier molecular flexibility index (Phi) is 4.78. The summed E-state index contributed by atoms with van der Waals surface area (Å²) in [7, 11) is 0. The number of rotatable bonds is 4. The highest BCUT2D eigenvalue weighted by molar-refractivity contribution is 9.10. The number of aryl methyl sites for hydroxylation is 1. The number of hydrogen-bond donors (Lipinski definition) is 1. The van der Waals surface area contributed by atoms with Crippen molar-refractivity contribution in [2.45, 2.75) is 26.3 Å². The number of benzene rings is 2. The molecule has 0 aliphatic heterocycles. The molecule has 2 aromatic carbocycles. The Morgan fingerprint density at radius 3 is 2.65 bits per heavy atom. The molecule has 106 valence electrons. The first kappa shape index (κ1) is 15.0. The minimum Gasteiger partial charge on any atom is -0.457 e. The molecule has 4 heteroatoms. The van der Waals surface area contributed by atoms with Gasteiger partial charge in [0.2, 0.25) is 0 Å². The van der Waals surface area contributed by atoms with Crippen LogP contribution < -0.4 is 10.5 Å². The van der Waals surface area contributed by atoms with Gasteiger partial charge in [0.1, 0.15) is 17.3 Å². The normalized spacial score (nSPS) is 12.2. The molecule has 0 radical (unpaired) electrons. The van der Waals surface area contributed by atoms with E-state index in [1.165, 1.54) is 12.1 Å². The molecule has 2 rings (SSSR count). The van der Waals surface area contributed by atoms with Crippen molar-refractivity contribution in [2.24, 2.45) is 5.73 Å². The van der Waals surface area contributed by atoms with Crippen molar-refractivity contribution in [2.75, 3.05) is 0 Å². The van der Waals surface area contributed by atoms with E-state index >= 15 is 0 Å². The first-order valence-electron chi connectivity index (χ1n) is 6.43. The Bertz CT molecular complexity index is 613. The van der Waals surface area contributed by atoms with Gasteiger partial charge in [0.05, 0.1) is 0 Å². The minimum atomic E-state index is -0.311. The molecule has 1 unspecified atom stereocenters. The molecule has 0 fully saturated rings. The molecule has 20 heavy (non-hydrogen) atoms. The fraction of sp³-hybridized carbons (Fsp3) is 0.250. The highest BCUT2D eigenvalue weighted by atomic mass is 79.9. The molecule has 0 saturated carbocycles. The molecule has 2 nitrogen and oxygen atoms in total. The third-order valence-corrected chi connectivity index (χ3v) is 3.43. The second-order valence-electron chi connectivity index (χ2n) is 4.95. The first-order valence-corrected chi connectivity index (χ1v) is 7.23. The molecule has 0 saturated heterocycles. The van der Waals surface area contributed by atoms with E-state index in [9.17, 15) is 4.39 Å². The number of ether oxygens (including phenoxy) is 1. The van der Waals surface area contributed by atoms with Gasteiger partial charge in [-0.15, -0.1) is 0 Å². The zero-order chi connectivity index (χ0) is 14.7. The van der Waals surface area contributed by atoms with Crippen LogP contribution >= 0.6 is 15.9 Å². The smallest absolute Gasteiger partial charge is 0.133 e. The van der Waals surface area contributed by atoms with Crippen LogP contribution in [0.5, 0.6) is 11.5 Å². The van der Waals surface area contributed by atoms with Crippen LogP contribution in [0.2, 0.25) is 0 Å². The predicted octanol–water partition coefficient (Wildman–Crippen LogP) is 4.58. The summed E-state index contributed by atoms with van der Waals surface area (Å²) >= 11 is 3.42. The van der Waals surface area contributed by atoms with E-state index < -0.39 is 0 Å². The van der Waals surface area contributed by atoms with Gasteiger partial charge < -0.3 is 10.5 Å². The molecule has 0 aliphatic carbocycles. The lowest BCUT2D eigenvalue weighted by molar-refractivity contribution is 0.464. The summed E-state index contributed by atoms with van der Waals surface area (Å²) in [5.41, 5.74) is 7.75. The maximum atomic E-state index is 13.3. The average molecular weight is 338 g/mol. The molecule has 2 N–H and O–H groups in total. The summed E-state index contributed by atoms with van der Waals surface area (Å²) in [5.74, 6) is 0.911. The molecule has 0 amide bonds. The van der Waals surface area contributed by atoms with Gasteiger partial charge >= 0.3 is 0 Å². The quantitative estimate of drug-likeness (QED) is 0.886. The number of hydrogen-bond acceptors (Lipinski definition) is 2. The van der Waals surface area contributed by atoms with E-state index in [0.29, 0.717) is 17.9 Å². The van der Waals surface area contributed by atoms with Crippen LogP contribution in [0, 0.1) is 12.7 Å². The van der Waals surface area contributed by atoms with Crippen LogP contribution in [0.15, 0.2) is 40.9 Å². The van der Waals surface area contributed by atoms with Crippen LogP contribution in [0.1, 0.15) is 18.1 Å². The summed E-state index contributed by atoms with van der Waals surface area (Å²) in [6, 6.07) is 10.3. The van der Waals surface area contributed by atoms with Crippen LogP contribution in [-0.4, -0.2) is 6.04 Å². The lowest BCUT2D eigenvalue weighted by Gasteiger charge is -2.15. The Morgan fingerprint density at radius 2 is 1.95 bits per heavy atom. The van der Waals surface area contributed by atoms with Gasteiger partial charge in [-0.05, 0) is 49.6 Å². The number of halogens is 2. The third kappa shape index (κ3) is 3.81. The second kappa shape index (κ2) is 6.37. The largest absolute Gasteiger partial charge is 0.457 e. The van der Waals surface area contributed by atoms with Crippen molar-refractivity contribution in [3.63, 3.8) is 0 Å². The van der Waals surface area contributed by atoms with E-state index in [-0.39, 0.29) is 11.9 Å². The molecule has 2 aromatic rings. The Labute approximate surface area is 126 Å². The summed E-state index contributed by atoms with van der Waals surface area (Å²) in [5, 5.41) is 0. The molecule has 0 aliphatic rings. The van der Waals surface area contributed by atoms with E-state index in [2.05, 4.69) is 15.9 Å². The van der Waals surface area contributed by atoms with E-state index in [1.807, 2.05) is 32.0 Å². The van der Waals surface area contributed by atoms with Crippen LogP contribution in [-0.2, 0) is 6.42 Å². The summed E-state index contributed by atoms with van der Waals surface area (Å²) in [6.07, 6.45) is 0.705. The Balaban J connectivity index is 2.36. The van der Waals surface area contributed by atoms with Crippen LogP contribution in [0.25, 0.3) is 0 Å². The Morgan fingerprint density at radius 1 is 1.20 bits per heavy atom. The standard InChI is InChI=1S/C16H17BrFNO/c1-10-3-6-14(18)9-15(10)20-16-8-13(17)5-4-12(16)7-11(2)19/h3-6,8-9,11H,7,19H2,1-2H3. The van der Waals surface area contributed by atoms with E-state index in [0.717, 1.165) is 15.6 Å². The Hall–Kier alpha value is -1.39. The maximum absolute atomic E-state index is 13.3. The fourth-order valence-electron chi connectivity index (χ4n) is 1.94. The highest BCUT2D eigenvalue weighted by Gasteiger charge is 2.10. The molecular formula is C16H17BrFNO. The summed E-state index contributed by atoms with van der Waals surface area (Å²) in [4.78, 5) is 0. The van der Waals surface area contributed by atoms with Gasteiger partial charge in [0.15, 0.2) is 0 Å². The van der Waals surface area contributed by atoms with Gasteiger partial charge in [0, 0.05) is 16.6 Å².